The van der Waals surface area contributed by atoms with Crippen LogP contribution in [-0.2, 0) is 9.59 Å². The van der Waals surface area contributed by atoms with Crippen LogP contribution < -0.4 is 0 Å². The summed E-state index contributed by atoms with van der Waals surface area (Å²) in [6.45, 7) is 0. The Morgan fingerprint density at radius 2 is 1.92 bits per heavy atom. The molecule has 0 bridgehead atoms. The smallest absolute Gasteiger partial charge is 0.294 e. The monoisotopic (exact) mass is 190 g/mol. The summed E-state index contributed by atoms with van der Waals surface area (Å²) in [5, 5.41) is 0. The van der Waals surface area contributed by atoms with Gasteiger partial charge in [0.15, 0.2) is 5.78 Å². The predicted molar refractivity (Wildman–Crippen MR) is 37.8 cm³/mol. The molecular weight excluding hydrogens is 185 g/mol. The fourth-order valence-corrected chi connectivity index (χ4v) is 0.917. The number of alkyl halides is 3. The maximum absolute atomic E-state index is 11.8. The molecule has 0 saturated heterocycles. The van der Waals surface area contributed by atoms with Gasteiger partial charge >= 0.3 is 6.18 Å². The van der Waals surface area contributed by atoms with Crippen molar-refractivity contribution in [3.63, 3.8) is 0 Å². The average molecular weight is 190 g/mol. The maximum Gasteiger partial charge on any atom is 0.451 e. The van der Waals surface area contributed by atoms with E-state index in [1.54, 1.807) is 0 Å². The largest absolute Gasteiger partial charge is 0.451 e. The van der Waals surface area contributed by atoms with Crippen LogP contribution in [0.15, 0.2) is 24.3 Å². The molecule has 70 valence electrons. The molecule has 1 unspecified atom stereocenters. The van der Waals surface area contributed by atoms with E-state index in [0.29, 0.717) is 0 Å². The molecule has 0 fully saturated rings. The molecule has 5 heteroatoms. The summed E-state index contributed by atoms with van der Waals surface area (Å²) < 4.78 is 35.5. The maximum atomic E-state index is 11.8. The number of hydrogen-bond donors (Lipinski definition) is 0. The minimum absolute atomic E-state index is 0.829. The molecule has 0 aliphatic heterocycles. The van der Waals surface area contributed by atoms with Crippen LogP contribution >= 0.6 is 0 Å². The quantitative estimate of drug-likeness (QED) is 0.586. The first-order valence-electron chi connectivity index (χ1n) is 3.42. The second kappa shape index (κ2) is 3.16. The second-order valence-corrected chi connectivity index (χ2v) is 2.49. The highest BCUT2D eigenvalue weighted by atomic mass is 19.4. The molecule has 1 rings (SSSR count). The van der Waals surface area contributed by atoms with Gasteiger partial charge in [0, 0.05) is 0 Å². The second-order valence-electron chi connectivity index (χ2n) is 2.49. The van der Waals surface area contributed by atoms with Crippen LogP contribution in [0.3, 0.4) is 0 Å². The summed E-state index contributed by atoms with van der Waals surface area (Å²) in [4.78, 5) is 21.4. The Balaban J connectivity index is 2.85. The summed E-state index contributed by atoms with van der Waals surface area (Å²) >= 11 is 0. The Bertz CT molecular complexity index is 299. The molecule has 0 amide bonds. The summed E-state index contributed by atoms with van der Waals surface area (Å²) in [6.07, 6.45) is -0.513. The van der Waals surface area contributed by atoms with E-state index in [4.69, 9.17) is 0 Å². The Hall–Kier alpha value is -1.39. The summed E-state index contributed by atoms with van der Waals surface area (Å²) in [6, 6.07) is 0. The van der Waals surface area contributed by atoms with E-state index in [2.05, 4.69) is 0 Å². The number of Topliss-reactive ketones (excluding diaryl/α,β-unsaturated/α-hetero) is 1. The lowest BCUT2D eigenvalue weighted by molar-refractivity contribution is -0.174. The lowest BCUT2D eigenvalue weighted by Crippen LogP contribution is -2.34. The van der Waals surface area contributed by atoms with Gasteiger partial charge in [0.05, 0.1) is 0 Å². The van der Waals surface area contributed by atoms with Crippen LogP contribution in [0.2, 0.25) is 0 Å². The average Bonchev–Trinajstić information content (AvgIpc) is 2.02. The SMILES string of the molecule is O=C1C=CC=CC1C(=O)C(F)(F)F. The van der Waals surface area contributed by atoms with E-state index in [0.717, 1.165) is 12.2 Å². The van der Waals surface area contributed by atoms with Crippen molar-refractivity contribution in [2.75, 3.05) is 0 Å². The first-order valence-corrected chi connectivity index (χ1v) is 3.42. The van der Waals surface area contributed by atoms with Crippen molar-refractivity contribution in [3.05, 3.63) is 24.3 Å². The highest BCUT2D eigenvalue weighted by Gasteiger charge is 2.44. The zero-order valence-electron chi connectivity index (χ0n) is 6.34. The Morgan fingerprint density at radius 3 is 2.38 bits per heavy atom. The van der Waals surface area contributed by atoms with E-state index >= 15 is 0 Å². The molecule has 0 radical (unpaired) electrons. The zero-order chi connectivity index (χ0) is 10.1. The number of hydrogen-bond acceptors (Lipinski definition) is 2. The van der Waals surface area contributed by atoms with Crippen molar-refractivity contribution in [1.82, 2.24) is 0 Å². The Morgan fingerprint density at radius 1 is 1.31 bits per heavy atom. The van der Waals surface area contributed by atoms with E-state index in [1.807, 2.05) is 0 Å². The van der Waals surface area contributed by atoms with E-state index in [9.17, 15) is 22.8 Å². The number of rotatable bonds is 1. The van der Waals surface area contributed by atoms with E-state index in [-0.39, 0.29) is 0 Å². The molecule has 0 spiro atoms. The molecule has 1 aliphatic carbocycles. The lowest BCUT2D eigenvalue weighted by atomic mass is 9.94. The topological polar surface area (TPSA) is 34.1 Å². The van der Waals surface area contributed by atoms with Crippen molar-refractivity contribution >= 4 is 11.6 Å². The van der Waals surface area contributed by atoms with Gasteiger partial charge in [-0.05, 0) is 6.08 Å². The van der Waals surface area contributed by atoms with Gasteiger partial charge in [-0.25, -0.2) is 0 Å². The summed E-state index contributed by atoms with van der Waals surface area (Å²) in [5.74, 6) is -4.53. The first kappa shape index (κ1) is 9.70. The molecule has 0 saturated carbocycles. The Kier molecular flexibility index (Phi) is 2.36. The number of carbonyl (C=O) groups is 2. The molecule has 0 N–H and O–H groups in total. The van der Waals surface area contributed by atoms with Gasteiger partial charge < -0.3 is 0 Å². The van der Waals surface area contributed by atoms with Crippen molar-refractivity contribution in [1.29, 1.82) is 0 Å². The first-order chi connectivity index (χ1) is 5.93. The van der Waals surface area contributed by atoms with Crippen molar-refractivity contribution < 1.29 is 22.8 Å². The van der Waals surface area contributed by atoms with Crippen LogP contribution in [0.4, 0.5) is 13.2 Å². The van der Waals surface area contributed by atoms with Crippen molar-refractivity contribution in [2.24, 2.45) is 5.92 Å². The van der Waals surface area contributed by atoms with Crippen LogP contribution in [0.1, 0.15) is 0 Å². The Labute approximate surface area is 71.7 Å². The number of ketones is 2. The van der Waals surface area contributed by atoms with Crippen LogP contribution in [0, 0.1) is 5.92 Å². The van der Waals surface area contributed by atoms with Gasteiger partial charge in [0.1, 0.15) is 5.92 Å². The van der Waals surface area contributed by atoms with Gasteiger partial charge in [-0.2, -0.15) is 13.2 Å². The van der Waals surface area contributed by atoms with Gasteiger partial charge in [0.2, 0.25) is 0 Å². The normalized spacial score (nSPS) is 22.1. The zero-order valence-corrected chi connectivity index (χ0v) is 6.34. The molecule has 1 aliphatic rings. The standard InChI is InChI=1S/C8H5F3O2/c9-8(10,11)7(13)5-3-1-2-4-6(5)12/h1-5H. The fourth-order valence-electron chi connectivity index (χ4n) is 0.917. The third kappa shape index (κ3) is 2.05. The van der Waals surface area contributed by atoms with Crippen molar-refractivity contribution in [3.8, 4) is 0 Å². The van der Waals surface area contributed by atoms with Crippen LogP contribution in [0.5, 0.6) is 0 Å². The highest BCUT2D eigenvalue weighted by Crippen LogP contribution is 2.23. The highest BCUT2D eigenvalue weighted by molar-refractivity contribution is 6.11. The predicted octanol–water partition coefficient (Wildman–Crippen LogP) is 1.43. The minimum Gasteiger partial charge on any atom is -0.294 e. The molecule has 0 aromatic rings. The van der Waals surface area contributed by atoms with Gasteiger partial charge in [-0.15, -0.1) is 0 Å². The lowest BCUT2D eigenvalue weighted by Gasteiger charge is -2.12. The van der Waals surface area contributed by atoms with E-state index in [1.165, 1.54) is 12.2 Å². The van der Waals surface area contributed by atoms with Crippen LogP contribution in [0.25, 0.3) is 0 Å². The minimum atomic E-state index is -4.95. The summed E-state index contributed by atoms with van der Waals surface area (Å²) in [5.41, 5.74) is 0. The summed E-state index contributed by atoms with van der Waals surface area (Å²) in [7, 11) is 0. The molecule has 0 aromatic carbocycles. The fraction of sp³-hybridized carbons (Fsp3) is 0.250. The molecule has 2 nitrogen and oxygen atoms in total. The van der Waals surface area contributed by atoms with Gasteiger partial charge in [-0.3, -0.25) is 9.59 Å². The molecule has 1 atom stereocenters. The molecule has 0 aromatic heterocycles. The number of allylic oxidation sites excluding steroid dienone is 4. The number of carbonyl (C=O) groups excluding carboxylic acids is 2. The van der Waals surface area contributed by atoms with Crippen molar-refractivity contribution in [2.45, 2.75) is 6.18 Å². The third-order valence-corrected chi connectivity index (χ3v) is 1.54. The molecular formula is C8H5F3O2. The number of halogens is 3. The van der Waals surface area contributed by atoms with Gasteiger partial charge in [0.25, 0.3) is 5.78 Å². The third-order valence-electron chi connectivity index (χ3n) is 1.54. The molecule has 0 heterocycles. The van der Waals surface area contributed by atoms with Crippen LogP contribution in [-0.4, -0.2) is 17.7 Å². The van der Waals surface area contributed by atoms with E-state index < -0.39 is 23.7 Å². The van der Waals surface area contributed by atoms with Gasteiger partial charge in [-0.1, -0.05) is 18.2 Å². The molecule has 13 heavy (non-hydrogen) atoms.